The van der Waals surface area contributed by atoms with Crippen molar-refractivity contribution in [2.45, 2.75) is 13.8 Å². The van der Waals surface area contributed by atoms with E-state index >= 15 is 0 Å². The monoisotopic (exact) mass is 316 g/mol. The van der Waals surface area contributed by atoms with Crippen LogP contribution in [0.1, 0.15) is 18.1 Å². The van der Waals surface area contributed by atoms with Crippen LogP contribution < -0.4 is 5.73 Å². The van der Waals surface area contributed by atoms with Crippen LogP contribution in [0.15, 0.2) is 42.8 Å². The van der Waals surface area contributed by atoms with Gasteiger partial charge >= 0.3 is 11.9 Å². The number of carbonyl (C=O) groups is 2. The molecule has 8 nitrogen and oxygen atoms in total. The number of anilines is 1. The molecule has 0 amide bonds. The summed E-state index contributed by atoms with van der Waals surface area (Å²) in [5, 5.41) is 17.7. The van der Waals surface area contributed by atoms with E-state index < -0.39 is 17.5 Å². The minimum atomic E-state index is -1.45. The Bertz CT molecular complexity index is 687. The van der Waals surface area contributed by atoms with Gasteiger partial charge in [0.2, 0.25) is 0 Å². The average Bonchev–Trinajstić information content (AvgIpc) is 2.48. The number of nitrogen functional groups attached to an aromatic ring is 1. The Balaban J connectivity index is 0.000000366. The Morgan fingerprint density at radius 1 is 1.00 bits per heavy atom. The molecule has 1 aromatic carbocycles. The van der Waals surface area contributed by atoms with Gasteiger partial charge in [0.25, 0.3) is 0 Å². The zero-order valence-electron chi connectivity index (χ0n) is 12.6. The molecule has 0 bridgehead atoms. The highest BCUT2D eigenvalue weighted by atomic mass is 16.4. The van der Waals surface area contributed by atoms with E-state index in [1.165, 1.54) is 25.9 Å². The molecule has 0 unspecified atom stereocenters. The van der Waals surface area contributed by atoms with Gasteiger partial charge in [0.1, 0.15) is 24.6 Å². The third-order valence-electron chi connectivity index (χ3n) is 2.86. The van der Waals surface area contributed by atoms with Crippen molar-refractivity contribution in [2.24, 2.45) is 0 Å². The van der Waals surface area contributed by atoms with E-state index in [1.807, 2.05) is 0 Å². The topological polar surface area (TPSA) is 139 Å². The number of hydrogen-bond donors (Lipinski definition) is 3. The molecule has 8 heteroatoms. The summed E-state index contributed by atoms with van der Waals surface area (Å²) in [6, 6.07) is 4.89. The number of aryl methyl sites for hydroxylation is 1. The lowest BCUT2D eigenvalue weighted by Gasteiger charge is -2.09. The quantitative estimate of drug-likeness (QED) is 0.334. The van der Waals surface area contributed by atoms with Crippen LogP contribution in [0.4, 0.5) is 5.69 Å². The number of carboxylic acids is 2. The lowest BCUT2D eigenvalue weighted by Crippen LogP contribution is -2.13. The largest absolute Gasteiger partial charge is 0.477 e. The summed E-state index contributed by atoms with van der Waals surface area (Å²) in [4.78, 5) is 32.4. The van der Waals surface area contributed by atoms with Crippen molar-refractivity contribution in [3.8, 4) is 0 Å². The Hall–Kier alpha value is -3.29. The summed E-state index contributed by atoms with van der Waals surface area (Å²) >= 11 is 0. The molecule has 0 saturated heterocycles. The maximum Gasteiger partial charge on any atom is 0.343 e. The molecule has 23 heavy (non-hydrogen) atoms. The van der Waals surface area contributed by atoms with Gasteiger partial charge in [-0.05, 0) is 42.7 Å². The van der Waals surface area contributed by atoms with Gasteiger partial charge in [-0.15, -0.1) is 0 Å². The van der Waals surface area contributed by atoms with Gasteiger partial charge in [-0.25, -0.2) is 24.5 Å². The first-order valence-corrected chi connectivity index (χ1v) is 6.43. The lowest BCUT2D eigenvalue weighted by molar-refractivity contribution is -0.140. The predicted octanol–water partition coefficient (Wildman–Crippen LogP) is 1.39. The fraction of sp³-hybridized carbons (Fsp3) is 0.133. The Morgan fingerprint density at radius 2 is 1.48 bits per heavy atom. The molecule has 0 fully saturated rings. The number of hydrogen-bond acceptors (Lipinski definition) is 6. The maximum atomic E-state index is 10.9. The number of allylic oxidation sites excluding steroid dienone is 1. The van der Waals surface area contributed by atoms with Crippen LogP contribution in [0, 0.1) is 6.92 Å². The van der Waals surface area contributed by atoms with Gasteiger partial charge in [-0.3, -0.25) is 0 Å². The molecule has 4 N–H and O–H groups in total. The second kappa shape index (κ2) is 8.23. The van der Waals surface area contributed by atoms with Crippen molar-refractivity contribution >= 4 is 23.2 Å². The van der Waals surface area contributed by atoms with E-state index in [9.17, 15) is 9.59 Å². The fourth-order valence-corrected chi connectivity index (χ4v) is 1.86. The third kappa shape index (κ3) is 5.20. The first-order chi connectivity index (χ1) is 10.8. The molecule has 1 heterocycles. The molecule has 0 aliphatic heterocycles. The van der Waals surface area contributed by atoms with Crippen LogP contribution in [0.2, 0.25) is 0 Å². The van der Waals surface area contributed by atoms with Crippen molar-refractivity contribution in [3.05, 3.63) is 53.9 Å². The maximum absolute atomic E-state index is 10.9. The molecule has 0 atom stereocenters. The number of nitrogens with zero attached hydrogens (tertiary/aromatic N) is 3. The Morgan fingerprint density at radius 3 is 1.83 bits per heavy atom. The molecule has 0 aliphatic rings. The first-order valence-electron chi connectivity index (χ1n) is 6.43. The third-order valence-corrected chi connectivity index (χ3v) is 2.86. The van der Waals surface area contributed by atoms with Crippen molar-refractivity contribution < 1.29 is 19.8 Å². The summed E-state index contributed by atoms with van der Waals surface area (Å²) in [6.07, 6.45) is 4.31. The van der Waals surface area contributed by atoms with Gasteiger partial charge in [0.05, 0.1) is 0 Å². The average molecular weight is 316 g/mol. The minimum absolute atomic E-state index is 0.211. The standard InChI is InChI=1S/C12H13NO4.C3H3N3/c1-6-5-8(13)3-4-9(6)7(2)10(11(14)15)12(16)17;1-4-2-6-3-5-1/h3-5H,13H2,1-2H3,(H,14,15)(H,16,17);1-3H. The van der Waals surface area contributed by atoms with Crippen LogP contribution in [0.5, 0.6) is 0 Å². The minimum Gasteiger partial charge on any atom is -0.477 e. The highest BCUT2D eigenvalue weighted by Crippen LogP contribution is 2.24. The number of aromatic nitrogens is 3. The van der Waals surface area contributed by atoms with Gasteiger partial charge < -0.3 is 15.9 Å². The van der Waals surface area contributed by atoms with Crippen molar-refractivity contribution in [2.75, 3.05) is 5.73 Å². The molecule has 0 aliphatic carbocycles. The number of benzene rings is 1. The van der Waals surface area contributed by atoms with Crippen LogP contribution in [0.3, 0.4) is 0 Å². The normalized spacial score (nSPS) is 9.30. The molecular weight excluding hydrogens is 300 g/mol. The van der Waals surface area contributed by atoms with Crippen LogP contribution >= 0.6 is 0 Å². The molecule has 0 radical (unpaired) electrons. The summed E-state index contributed by atoms with van der Waals surface area (Å²) in [5.74, 6) is -2.91. The van der Waals surface area contributed by atoms with Crippen LogP contribution in [0.25, 0.3) is 5.57 Å². The van der Waals surface area contributed by atoms with Crippen molar-refractivity contribution in [1.29, 1.82) is 0 Å². The summed E-state index contributed by atoms with van der Waals surface area (Å²) < 4.78 is 0. The van der Waals surface area contributed by atoms with Gasteiger partial charge in [0.15, 0.2) is 0 Å². The Kier molecular flexibility index (Phi) is 6.35. The SMILES string of the molecule is CC(=C(C(=O)O)C(=O)O)c1ccc(N)cc1C.c1ncncn1. The smallest absolute Gasteiger partial charge is 0.343 e. The molecular formula is C15H16N4O4. The van der Waals surface area contributed by atoms with E-state index in [0.717, 1.165) is 5.56 Å². The molecule has 2 rings (SSSR count). The molecule has 0 spiro atoms. The van der Waals surface area contributed by atoms with E-state index in [2.05, 4.69) is 15.0 Å². The van der Waals surface area contributed by atoms with Crippen molar-refractivity contribution in [3.63, 3.8) is 0 Å². The summed E-state index contributed by atoms with van der Waals surface area (Å²) in [7, 11) is 0. The molecule has 2 aromatic rings. The Labute approximate surface area is 132 Å². The van der Waals surface area contributed by atoms with E-state index in [4.69, 9.17) is 15.9 Å². The van der Waals surface area contributed by atoms with E-state index in [1.54, 1.807) is 25.1 Å². The van der Waals surface area contributed by atoms with Gasteiger partial charge in [-0.2, -0.15) is 0 Å². The first kappa shape index (κ1) is 17.8. The number of rotatable bonds is 3. The van der Waals surface area contributed by atoms with E-state index in [-0.39, 0.29) is 5.57 Å². The lowest BCUT2D eigenvalue weighted by atomic mass is 9.97. The second-order valence-corrected chi connectivity index (χ2v) is 4.48. The number of aliphatic carboxylic acids is 2. The van der Waals surface area contributed by atoms with Gasteiger partial charge in [-0.1, -0.05) is 6.07 Å². The van der Waals surface area contributed by atoms with Crippen LogP contribution in [-0.4, -0.2) is 37.1 Å². The summed E-state index contributed by atoms with van der Waals surface area (Å²) in [5.41, 5.74) is 7.01. The van der Waals surface area contributed by atoms with Crippen LogP contribution in [-0.2, 0) is 9.59 Å². The van der Waals surface area contributed by atoms with Gasteiger partial charge in [0, 0.05) is 5.69 Å². The predicted molar refractivity (Wildman–Crippen MR) is 83.3 cm³/mol. The number of nitrogens with two attached hydrogens (primary N) is 1. The fourth-order valence-electron chi connectivity index (χ4n) is 1.86. The highest BCUT2D eigenvalue weighted by molar-refractivity contribution is 6.18. The molecule has 120 valence electrons. The second-order valence-electron chi connectivity index (χ2n) is 4.48. The highest BCUT2D eigenvalue weighted by Gasteiger charge is 2.21. The van der Waals surface area contributed by atoms with E-state index in [0.29, 0.717) is 11.3 Å². The zero-order chi connectivity index (χ0) is 17.4. The molecule has 0 saturated carbocycles. The van der Waals surface area contributed by atoms with Crippen molar-refractivity contribution in [1.82, 2.24) is 15.0 Å². The number of carboxylic acid groups (broad SMARTS) is 2. The molecule has 1 aromatic heterocycles. The zero-order valence-corrected chi connectivity index (χ0v) is 12.6. The summed E-state index contributed by atoms with van der Waals surface area (Å²) in [6.45, 7) is 3.21.